The minimum Gasteiger partial charge on any atom is -0.480 e. The molecule has 2 heterocycles. The molecule has 0 atom stereocenters. The van der Waals surface area contributed by atoms with Crippen molar-refractivity contribution in [2.75, 3.05) is 49.5 Å². The Hall–Kier alpha value is -2.54. The van der Waals surface area contributed by atoms with Gasteiger partial charge < -0.3 is 19.9 Å². The predicted molar refractivity (Wildman–Crippen MR) is 131 cm³/mol. The summed E-state index contributed by atoms with van der Waals surface area (Å²) in [6, 6.07) is 13.2. The molecule has 1 aliphatic heterocycles. The Labute approximate surface area is 198 Å². The third-order valence-corrected chi connectivity index (χ3v) is 6.25. The highest BCUT2D eigenvalue weighted by Gasteiger charge is 2.17. The maximum Gasteiger partial charge on any atom is 0.262 e. The maximum atomic E-state index is 12.5. The second kappa shape index (κ2) is 9.94. The van der Waals surface area contributed by atoms with Gasteiger partial charge >= 0.3 is 0 Å². The molecular formula is C24H26Cl2N4O2. The lowest BCUT2D eigenvalue weighted by molar-refractivity contribution is -0.118. The molecule has 2 aromatic carbocycles. The van der Waals surface area contributed by atoms with E-state index in [9.17, 15) is 4.79 Å². The number of amides is 1. The SMILES string of the molecule is CCN1CCN(c2ccc(NC(=O)COc3c(Cl)cc(Cl)c4ccc(C)nc34)cc2)CC1. The number of hydrogen-bond donors (Lipinski definition) is 1. The highest BCUT2D eigenvalue weighted by Crippen LogP contribution is 2.37. The Bertz CT molecular complexity index is 1110. The molecule has 4 rings (SSSR count). The van der Waals surface area contributed by atoms with Gasteiger partial charge in [-0.1, -0.05) is 30.1 Å². The van der Waals surface area contributed by atoms with Crippen molar-refractivity contribution >= 4 is 51.4 Å². The zero-order valence-corrected chi connectivity index (χ0v) is 19.7. The van der Waals surface area contributed by atoms with Crippen molar-refractivity contribution in [1.82, 2.24) is 9.88 Å². The van der Waals surface area contributed by atoms with Gasteiger partial charge in [-0.2, -0.15) is 0 Å². The number of piperazine rings is 1. The highest BCUT2D eigenvalue weighted by molar-refractivity contribution is 6.39. The molecule has 0 aliphatic carbocycles. The van der Waals surface area contributed by atoms with Crippen LogP contribution in [0.1, 0.15) is 12.6 Å². The van der Waals surface area contributed by atoms with Gasteiger partial charge in [-0.3, -0.25) is 4.79 Å². The molecule has 1 aromatic heterocycles. The number of carbonyl (C=O) groups excluding carboxylic acids is 1. The lowest BCUT2D eigenvalue weighted by Crippen LogP contribution is -2.46. The number of anilines is 2. The number of nitrogens with one attached hydrogen (secondary N) is 1. The van der Waals surface area contributed by atoms with Crippen molar-refractivity contribution in [2.24, 2.45) is 0 Å². The molecule has 0 unspecified atom stereocenters. The van der Waals surface area contributed by atoms with Crippen LogP contribution in [0.25, 0.3) is 10.9 Å². The van der Waals surface area contributed by atoms with Gasteiger partial charge in [0.1, 0.15) is 5.52 Å². The van der Waals surface area contributed by atoms with E-state index in [2.05, 4.69) is 27.0 Å². The van der Waals surface area contributed by atoms with Crippen LogP contribution in [0, 0.1) is 6.92 Å². The van der Waals surface area contributed by atoms with E-state index in [0.717, 1.165) is 55.2 Å². The van der Waals surface area contributed by atoms with Crippen LogP contribution in [0.3, 0.4) is 0 Å². The number of aryl methyl sites for hydroxylation is 1. The zero-order chi connectivity index (χ0) is 22.7. The number of carbonyl (C=O) groups is 1. The minimum absolute atomic E-state index is 0.188. The lowest BCUT2D eigenvalue weighted by atomic mass is 10.2. The fourth-order valence-electron chi connectivity index (χ4n) is 3.84. The first kappa shape index (κ1) is 22.6. The Morgan fingerprint density at radius 3 is 2.47 bits per heavy atom. The van der Waals surface area contributed by atoms with Crippen molar-refractivity contribution in [3.05, 3.63) is 58.2 Å². The van der Waals surface area contributed by atoms with Crippen molar-refractivity contribution in [3.8, 4) is 5.75 Å². The van der Waals surface area contributed by atoms with Gasteiger partial charge in [-0.05, 0) is 55.9 Å². The van der Waals surface area contributed by atoms with Crippen molar-refractivity contribution in [3.63, 3.8) is 0 Å². The van der Waals surface area contributed by atoms with E-state index in [4.69, 9.17) is 27.9 Å². The molecule has 32 heavy (non-hydrogen) atoms. The van der Waals surface area contributed by atoms with Crippen LogP contribution in [-0.4, -0.2) is 55.1 Å². The van der Waals surface area contributed by atoms with E-state index in [-0.39, 0.29) is 12.5 Å². The third kappa shape index (κ3) is 5.09. The highest BCUT2D eigenvalue weighted by atomic mass is 35.5. The zero-order valence-electron chi connectivity index (χ0n) is 18.2. The Morgan fingerprint density at radius 1 is 1.06 bits per heavy atom. The summed E-state index contributed by atoms with van der Waals surface area (Å²) in [5.41, 5.74) is 3.23. The molecule has 6 nitrogen and oxygen atoms in total. The number of hydrogen-bond acceptors (Lipinski definition) is 5. The standard InChI is InChI=1S/C24H26Cl2N4O2/c1-3-29-10-12-30(13-11-29)18-7-5-17(6-8-18)28-22(31)15-32-24-21(26)14-20(25)19-9-4-16(2)27-23(19)24/h4-9,14H,3,10-13,15H2,1-2H3,(H,28,31). The predicted octanol–water partition coefficient (Wildman–Crippen LogP) is 5.01. The molecule has 0 radical (unpaired) electrons. The van der Waals surface area contributed by atoms with Gasteiger partial charge in [0.2, 0.25) is 0 Å². The quantitative estimate of drug-likeness (QED) is 0.546. The molecular weight excluding hydrogens is 447 g/mol. The van der Waals surface area contributed by atoms with Crippen LogP contribution >= 0.6 is 23.2 Å². The van der Waals surface area contributed by atoms with E-state index in [1.165, 1.54) is 0 Å². The van der Waals surface area contributed by atoms with Crippen LogP contribution in [-0.2, 0) is 4.79 Å². The van der Waals surface area contributed by atoms with Gasteiger partial charge in [-0.25, -0.2) is 4.98 Å². The number of aromatic nitrogens is 1. The number of ether oxygens (including phenoxy) is 1. The number of benzene rings is 2. The number of rotatable bonds is 6. The Balaban J connectivity index is 1.38. The summed E-state index contributed by atoms with van der Waals surface area (Å²) in [5.74, 6) is 0.0765. The van der Waals surface area contributed by atoms with Crippen molar-refractivity contribution in [1.29, 1.82) is 0 Å². The largest absolute Gasteiger partial charge is 0.480 e. The first-order valence-electron chi connectivity index (χ1n) is 10.7. The molecule has 3 aromatic rings. The van der Waals surface area contributed by atoms with Crippen molar-refractivity contribution in [2.45, 2.75) is 13.8 Å². The van der Waals surface area contributed by atoms with Gasteiger partial charge in [0.25, 0.3) is 5.91 Å². The molecule has 1 aliphatic rings. The average molecular weight is 473 g/mol. The first-order chi connectivity index (χ1) is 15.4. The van der Waals surface area contributed by atoms with Gasteiger partial charge in [0, 0.05) is 48.6 Å². The van der Waals surface area contributed by atoms with Gasteiger partial charge in [0.15, 0.2) is 12.4 Å². The molecule has 168 valence electrons. The van der Waals surface area contributed by atoms with Crippen LogP contribution in [0.15, 0.2) is 42.5 Å². The number of halogens is 2. The van der Waals surface area contributed by atoms with E-state index in [1.807, 2.05) is 43.3 Å². The van der Waals surface area contributed by atoms with E-state index < -0.39 is 0 Å². The Morgan fingerprint density at radius 2 is 1.78 bits per heavy atom. The summed E-state index contributed by atoms with van der Waals surface area (Å²) in [6.07, 6.45) is 0. The number of fused-ring (bicyclic) bond motifs is 1. The minimum atomic E-state index is -0.277. The molecule has 0 saturated carbocycles. The second-order valence-electron chi connectivity index (χ2n) is 7.82. The molecule has 1 amide bonds. The van der Waals surface area contributed by atoms with E-state index in [1.54, 1.807) is 6.07 Å². The van der Waals surface area contributed by atoms with E-state index in [0.29, 0.717) is 21.3 Å². The van der Waals surface area contributed by atoms with Crippen LogP contribution < -0.4 is 15.0 Å². The molecule has 1 saturated heterocycles. The van der Waals surface area contributed by atoms with E-state index >= 15 is 0 Å². The van der Waals surface area contributed by atoms with Gasteiger partial charge in [0.05, 0.1) is 10.0 Å². The van der Waals surface area contributed by atoms with Crippen molar-refractivity contribution < 1.29 is 9.53 Å². The van der Waals surface area contributed by atoms with Crippen LogP contribution in [0.4, 0.5) is 11.4 Å². The van der Waals surface area contributed by atoms with Gasteiger partial charge in [-0.15, -0.1) is 0 Å². The maximum absolute atomic E-state index is 12.5. The molecule has 1 N–H and O–H groups in total. The Kier molecular flexibility index (Phi) is 7.04. The summed E-state index contributed by atoms with van der Waals surface area (Å²) < 4.78 is 5.76. The van der Waals surface area contributed by atoms with Crippen LogP contribution in [0.2, 0.25) is 10.0 Å². The lowest BCUT2D eigenvalue weighted by Gasteiger charge is -2.35. The third-order valence-electron chi connectivity index (χ3n) is 5.66. The number of nitrogens with zero attached hydrogens (tertiary/aromatic N) is 3. The summed E-state index contributed by atoms with van der Waals surface area (Å²) >= 11 is 12.6. The fraction of sp³-hybridized carbons (Fsp3) is 0.333. The average Bonchev–Trinajstić information content (AvgIpc) is 2.79. The molecule has 1 fully saturated rings. The summed E-state index contributed by atoms with van der Waals surface area (Å²) in [5, 5.41) is 4.41. The summed E-state index contributed by atoms with van der Waals surface area (Å²) in [4.78, 5) is 21.8. The smallest absolute Gasteiger partial charge is 0.262 e. The molecule has 8 heteroatoms. The normalized spacial score (nSPS) is 14.6. The fourth-order valence-corrected chi connectivity index (χ4v) is 4.41. The first-order valence-corrected chi connectivity index (χ1v) is 11.5. The summed E-state index contributed by atoms with van der Waals surface area (Å²) in [7, 11) is 0. The number of likely N-dealkylation sites (N-methyl/N-ethyl adjacent to an activating group) is 1. The molecule has 0 spiro atoms. The molecule has 0 bridgehead atoms. The monoisotopic (exact) mass is 472 g/mol. The summed E-state index contributed by atoms with van der Waals surface area (Å²) in [6.45, 7) is 9.13. The second-order valence-corrected chi connectivity index (χ2v) is 8.64. The van der Waals surface area contributed by atoms with Crippen LogP contribution in [0.5, 0.6) is 5.75 Å². The number of pyridine rings is 1. The topological polar surface area (TPSA) is 57.7 Å².